The van der Waals surface area contributed by atoms with Crippen LogP contribution in [0.1, 0.15) is 9.67 Å². The van der Waals surface area contributed by atoms with Gasteiger partial charge in [0.1, 0.15) is 0 Å². The zero-order chi connectivity index (χ0) is 13.9. The molecule has 0 radical (unpaired) electrons. The third kappa shape index (κ3) is 4.08. The maximum atomic E-state index is 11.8. The molecule has 1 amide bonds. The fraction of sp³-hybridized carbons (Fsp3) is 0.0833. The van der Waals surface area contributed by atoms with Gasteiger partial charge in [-0.15, -0.1) is 11.3 Å². The number of carbonyl (C=O) groups is 1. The van der Waals surface area contributed by atoms with Crippen LogP contribution in [0.25, 0.3) is 0 Å². The van der Waals surface area contributed by atoms with Gasteiger partial charge in [-0.2, -0.15) is 0 Å². The summed E-state index contributed by atoms with van der Waals surface area (Å²) in [7, 11) is -3.33. The Hall–Kier alpha value is -1.86. The Morgan fingerprint density at radius 3 is 2.53 bits per heavy atom. The van der Waals surface area contributed by atoms with Gasteiger partial charge in [-0.3, -0.25) is 9.52 Å². The van der Waals surface area contributed by atoms with Gasteiger partial charge in [-0.05, 0) is 29.6 Å². The van der Waals surface area contributed by atoms with Crippen LogP contribution in [-0.2, 0) is 10.0 Å². The van der Waals surface area contributed by atoms with E-state index in [0.29, 0.717) is 16.3 Å². The van der Waals surface area contributed by atoms with Crippen molar-refractivity contribution >= 4 is 38.6 Å². The molecule has 2 N–H and O–H groups in total. The van der Waals surface area contributed by atoms with Crippen molar-refractivity contribution < 1.29 is 13.2 Å². The van der Waals surface area contributed by atoms with Crippen molar-refractivity contribution in [2.45, 2.75) is 0 Å². The highest BCUT2D eigenvalue weighted by molar-refractivity contribution is 7.92. The third-order valence-electron chi connectivity index (χ3n) is 2.17. The van der Waals surface area contributed by atoms with Crippen LogP contribution < -0.4 is 10.0 Å². The number of rotatable bonds is 4. The zero-order valence-electron chi connectivity index (χ0n) is 10.1. The maximum absolute atomic E-state index is 11.8. The standard InChI is InChI=1S/C12H12N2O3S2/c1-19(16,17)14-10-5-2-4-9(8-10)13-12(15)11-6-3-7-18-11/h2-8,14H,1H3,(H,13,15). The van der Waals surface area contributed by atoms with E-state index in [4.69, 9.17) is 0 Å². The second kappa shape index (κ2) is 5.41. The molecule has 100 valence electrons. The van der Waals surface area contributed by atoms with Crippen molar-refractivity contribution in [1.82, 2.24) is 0 Å². The van der Waals surface area contributed by atoms with Crippen molar-refractivity contribution in [1.29, 1.82) is 0 Å². The second-order valence-corrected chi connectivity index (χ2v) is 6.58. The van der Waals surface area contributed by atoms with Crippen molar-refractivity contribution in [2.24, 2.45) is 0 Å². The topological polar surface area (TPSA) is 75.3 Å². The van der Waals surface area contributed by atoms with E-state index in [-0.39, 0.29) is 5.91 Å². The van der Waals surface area contributed by atoms with Gasteiger partial charge in [0.2, 0.25) is 10.0 Å². The van der Waals surface area contributed by atoms with Gasteiger partial charge in [-0.25, -0.2) is 8.42 Å². The van der Waals surface area contributed by atoms with Gasteiger partial charge in [0.05, 0.1) is 16.8 Å². The zero-order valence-corrected chi connectivity index (χ0v) is 11.7. The lowest BCUT2D eigenvalue weighted by Crippen LogP contribution is -2.12. The van der Waals surface area contributed by atoms with E-state index in [9.17, 15) is 13.2 Å². The number of benzene rings is 1. The average Bonchev–Trinajstić information content (AvgIpc) is 2.80. The highest BCUT2D eigenvalue weighted by Crippen LogP contribution is 2.18. The lowest BCUT2D eigenvalue weighted by atomic mass is 10.3. The van der Waals surface area contributed by atoms with E-state index in [2.05, 4.69) is 10.0 Å². The van der Waals surface area contributed by atoms with Gasteiger partial charge in [0.25, 0.3) is 5.91 Å². The SMILES string of the molecule is CS(=O)(=O)Nc1cccc(NC(=O)c2cccs2)c1. The predicted octanol–water partition coefficient (Wildman–Crippen LogP) is 2.37. The van der Waals surface area contributed by atoms with Crippen LogP contribution in [0.3, 0.4) is 0 Å². The Morgan fingerprint density at radius 2 is 1.89 bits per heavy atom. The lowest BCUT2D eigenvalue weighted by Gasteiger charge is -2.07. The van der Waals surface area contributed by atoms with E-state index >= 15 is 0 Å². The van der Waals surface area contributed by atoms with Gasteiger partial charge in [0, 0.05) is 5.69 Å². The summed E-state index contributed by atoms with van der Waals surface area (Å²) in [6, 6.07) is 10.0. The maximum Gasteiger partial charge on any atom is 0.265 e. The van der Waals surface area contributed by atoms with Crippen LogP contribution in [0, 0.1) is 0 Å². The molecule has 2 rings (SSSR count). The summed E-state index contributed by atoms with van der Waals surface area (Å²) in [5.74, 6) is -0.216. The minimum Gasteiger partial charge on any atom is -0.321 e. The molecule has 0 spiro atoms. The van der Waals surface area contributed by atoms with E-state index in [1.807, 2.05) is 5.38 Å². The minimum atomic E-state index is -3.33. The van der Waals surface area contributed by atoms with Crippen molar-refractivity contribution in [3.05, 3.63) is 46.7 Å². The largest absolute Gasteiger partial charge is 0.321 e. The Balaban J connectivity index is 2.13. The number of hydrogen-bond acceptors (Lipinski definition) is 4. The summed E-state index contributed by atoms with van der Waals surface area (Å²) in [5, 5.41) is 4.52. The van der Waals surface area contributed by atoms with Crippen LogP contribution in [-0.4, -0.2) is 20.6 Å². The summed E-state index contributed by atoms with van der Waals surface area (Å²) in [5.41, 5.74) is 0.943. The molecule has 0 aliphatic carbocycles. The highest BCUT2D eigenvalue weighted by Gasteiger charge is 2.08. The fourth-order valence-corrected chi connectivity index (χ4v) is 2.65. The molecule has 0 bridgehead atoms. The molecule has 0 atom stereocenters. The van der Waals surface area contributed by atoms with Crippen LogP contribution in [0.4, 0.5) is 11.4 Å². The van der Waals surface area contributed by atoms with Crippen molar-refractivity contribution in [3.8, 4) is 0 Å². The lowest BCUT2D eigenvalue weighted by molar-refractivity contribution is 0.103. The van der Waals surface area contributed by atoms with Gasteiger partial charge in [-0.1, -0.05) is 12.1 Å². The first kappa shape index (κ1) is 13.6. The number of anilines is 2. The molecular formula is C12H12N2O3S2. The van der Waals surface area contributed by atoms with Gasteiger partial charge in [0.15, 0.2) is 0 Å². The molecule has 7 heteroatoms. The van der Waals surface area contributed by atoms with Gasteiger partial charge < -0.3 is 5.32 Å². The van der Waals surface area contributed by atoms with E-state index < -0.39 is 10.0 Å². The van der Waals surface area contributed by atoms with Crippen LogP contribution in [0.2, 0.25) is 0 Å². The van der Waals surface area contributed by atoms with Crippen molar-refractivity contribution in [3.63, 3.8) is 0 Å². The Labute approximate surface area is 115 Å². The molecule has 1 heterocycles. The molecule has 5 nitrogen and oxygen atoms in total. The molecule has 0 saturated carbocycles. The Kier molecular flexibility index (Phi) is 3.87. The number of carbonyl (C=O) groups excluding carboxylic acids is 1. The first-order valence-corrected chi connectivity index (χ1v) is 8.14. The number of sulfonamides is 1. The molecule has 0 fully saturated rings. The molecule has 0 aliphatic heterocycles. The fourth-order valence-electron chi connectivity index (χ4n) is 1.47. The van der Waals surface area contributed by atoms with Crippen molar-refractivity contribution in [2.75, 3.05) is 16.3 Å². The molecular weight excluding hydrogens is 284 g/mol. The monoisotopic (exact) mass is 296 g/mol. The summed E-state index contributed by atoms with van der Waals surface area (Å²) < 4.78 is 24.6. The minimum absolute atomic E-state index is 0.216. The first-order valence-electron chi connectivity index (χ1n) is 5.37. The highest BCUT2D eigenvalue weighted by atomic mass is 32.2. The molecule has 0 saturated heterocycles. The normalized spacial score (nSPS) is 11.0. The van der Waals surface area contributed by atoms with Crippen LogP contribution in [0.15, 0.2) is 41.8 Å². The van der Waals surface area contributed by atoms with Crippen LogP contribution >= 0.6 is 11.3 Å². The molecule has 2 aromatic rings. The summed E-state index contributed by atoms with van der Waals surface area (Å²) in [4.78, 5) is 12.4. The number of thiophene rings is 1. The van der Waals surface area contributed by atoms with Gasteiger partial charge >= 0.3 is 0 Å². The smallest absolute Gasteiger partial charge is 0.265 e. The summed E-state index contributed by atoms with van der Waals surface area (Å²) in [6.45, 7) is 0. The average molecular weight is 296 g/mol. The predicted molar refractivity (Wildman–Crippen MR) is 77.2 cm³/mol. The molecule has 19 heavy (non-hydrogen) atoms. The molecule has 1 aromatic heterocycles. The molecule has 0 aliphatic rings. The number of hydrogen-bond donors (Lipinski definition) is 2. The Bertz CT molecular complexity index is 679. The Morgan fingerprint density at radius 1 is 1.16 bits per heavy atom. The van der Waals surface area contributed by atoms with E-state index in [1.165, 1.54) is 11.3 Å². The number of amides is 1. The quantitative estimate of drug-likeness (QED) is 0.909. The first-order chi connectivity index (χ1) is 8.94. The summed E-state index contributed by atoms with van der Waals surface area (Å²) in [6.07, 6.45) is 1.07. The molecule has 0 unspecified atom stereocenters. The summed E-state index contributed by atoms with van der Waals surface area (Å²) >= 11 is 1.34. The van der Waals surface area contributed by atoms with Crippen LogP contribution in [0.5, 0.6) is 0 Å². The second-order valence-electron chi connectivity index (χ2n) is 3.89. The van der Waals surface area contributed by atoms with E-state index in [0.717, 1.165) is 6.26 Å². The number of nitrogens with one attached hydrogen (secondary N) is 2. The molecule has 1 aromatic carbocycles. The van der Waals surface area contributed by atoms with E-state index in [1.54, 1.807) is 36.4 Å². The third-order valence-corrected chi connectivity index (χ3v) is 3.64.